The molecule has 2 fully saturated rings. The number of hydrogen-bond donors (Lipinski definition) is 2. The van der Waals surface area contributed by atoms with E-state index in [9.17, 15) is 13.5 Å². The number of anilines is 1. The molecule has 1 aliphatic heterocycles. The third-order valence-corrected chi connectivity index (χ3v) is 8.05. The number of fused-ring (bicyclic) bond motifs is 1. The molecule has 0 unspecified atom stereocenters. The summed E-state index contributed by atoms with van der Waals surface area (Å²) in [5, 5.41) is 18.1. The molecule has 1 saturated heterocycles. The maximum atomic E-state index is 12.2. The van der Waals surface area contributed by atoms with Crippen molar-refractivity contribution in [3.63, 3.8) is 0 Å². The summed E-state index contributed by atoms with van der Waals surface area (Å²) in [6, 6.07) is 2.29. The number of aliphatic hydroxyl groups is 1. The molecule has 2 aliphatic rings. The van der Waals surface area contributed by atoms with Gasteiger partial charge in [-0.1, -0.05) is 0 Å². The average molecular weight is 466 g/mol. The summed E-state index contributed by atoms with van der Waals surface area (Å²) < 4.78 is 33.1. The van der Waals surface area contributed by atoms with Crippen LogP contribution in [0.1, 0.15) is 68.5 Å². The second kappa shape index (κ2) is 9.62. The molecule has 10 heteroatoms. The van der Waals surface area contributed by atoms with Gasteiger partial charge in [0.05, 0.1) is 30.7 Å². The van der Waals surface area contributed by atoms with Crippen LogP contribution in [-0.4, -0.2) is 77.6 Å². The first kappa shape index (κ1) is 23.4. The van der Waals surface area contributed by atoms with Crippen LogP contribution in [0.3, 0.4) is 0 Å². The first-order chi connectivity index (χ1) is 15.3. The first-order valence-corrected chi connectivity index (χ1v) is 13.4. The number of hydrogen-bond acceptors (Lipinski definition) is 7. The van der Waals surface area contributed by atoms with Crippen molar-refractivity contribution in [2.45, 2.75) is 69.4 Å². The molecule has 32 heavy (non-hydrogen) atoms. The highest BCUT2D eigenvalue weighted by Gasteiger charge is 2.31. The van der Waals surface area contributed by atoms with Gasteiger partial charge in [0, 0.05) is 43.8 Å². The number of aliphatic hydroxyl groups excluding tert-OH is 1. The minimum absolute atomic E-state index is 0.0717. The van der Waals surface area contributed by atoms with Gasteiger partial charge in [-0.3, -0.25) is 0 Å². The van der Waals surface area contributed by atoms with Crippen LogP contribution in [0.25, 0.3) is 5.52 Å². The van der Waals surface area contributed by atoms with Gasteiger partial charge in [0.1, 0.15) is 0 Å². The van der Waals surface area contributed by atoms with Gasteiger partial charge in [-0.15, -0.1) is 5.10 Å². The van der Waals surface area contributed by atoms with Crippen molar-refractivity contribution in [2.75, 3.05) is 38.4 Å². The fourth-order valence-corrected chi connectivity index (χ4v) is 6.02. The third-order valence-electron chi connectivity index (χ3n) is 6.78. The average Bonchev–Trinajstić information content (AvgIpc) is 3.13. The van der Waals surface area contributed by atoms with Crippen LogP contribution in [0.4, 0.5) is 5.95 Å². The van der Waals surface area contributed by atoms with Gasteiger partial charge >= 0.3 is 0 Å². The van der Waals surface area contributed by atoms with Crippen molar-refractivity contribution in [3.05, 3.63) is 23.5 Å². The molecule has 9 nitrogen and oxygen atoms in total. The van der Waals surface area contributed by atoms with Crippen molar-refractivity contribution in [1.29, 1.82) is 0 Å². The Labute approximate surface area is 190 Å². The fourth-order valence-electron chi connectivity index (χ4n) is 5.10. The molecule has 178 valence electrons. The Balaban J connectivity index is 1.71. The Hall–Kier alpha value is -1.75. The highest BCUT2D eigenvalue weighted by molar-refractivity contribution is 7.88. The van der Waals surface area contributed by atoms with Gasteiger partial charge in [0.15, 0.2) is 0 Å². The molecule has 2 aromatic rings. The largest absolute Gasteiger partial charge is 0.393 e. The number of nitrogens with zero attached hydrogens (tertiary/aromatic N) is 4. The van der Waals surface area contributed by atoms with E-state index in [1.165, 1.54) is 6.26 Å². The quantitative estimate of drug-likeness (QED) is 0.646. The van der Waals surface area contributed by atoms with E-state index < -0.39 is 10.0 Å². The molecule has 0 aromatic carbocycles. The Bertz CT molecular complexity index is 1030. The first-order valence-electron chi connectivity index (χ1n) is 11.5. The van der Waals surface area contributed by atoms with E-state index in [0.29, 0.717) is 31.6 Å². The van der Waals surface area contributed by atoms with Crippen molar-refractivity contribution >= 4 is 21.5 Å². The summed E-state index contributed by atoms with van der Waals surface area (Å²) in [5.41, 5.74) is 3.19. The van der Waals surface area contributed by atoms with Crippen LogP contribution in [0.5, 0.6) is 0 Å². The van der Waals surface area contributed by atoms with Crippen LogP contribution in [-0.2, 0) is 14.8 Å². The van der Waals surface area contributed by atoms with Crippen molar-refractivity contribution in [2.24, 2.45) is 0 Å². The van der Waals surface area contributed by atoms with Gasteiger partial charge < -0.3 is 15.2 Å². The molecule has 0 amide bonds. The Morgan fingerprint density at radius 1 is 1.25 bits per heavy atom. The number of ether oxygens (including phenoxy) is 1. The van der Waals surface area contributed by atoms with Crippen molar-refractivity contribution in [1.82, 2.24) is 18.9 Å². The molecule has 0 spiro atoms. The van der Waals surface area contributed by atoms with Crippen molar-refractivity contribution < 1.29 is 18.3 Å². The second-order valence-electron chi connectivity index (χ2n) is 9.37. The van der Waals surface area contributed by atoms with Crippen LogP contribution in [0.15, 0.2) is 12.3 Å². The molecular weight excluding hydrogens is 430 g/mol. The highest BCUT2D eigenvalue weighted by Crippen LogP contribution is 2.38. The van der Waals surface area contributed by atoms with E-state index in [4.69, 9.17) is 9.84 Å². The SMILES string of the molecule is COC[C@H](C)Nc1ncc2c([C@@H]3CCCN(S(C)(=O)=O)C3)cc(C3CCC(O)CC3)n2n1. The van der Waals surface area contributed by atoms with Crippen LogP contribution in [0, 0.1) is 0 Å². The van der Waals surface area contributed by atoms with Gasteiger partial charge in [-0.2, -0.15) is 0 Å². The fraction of sp³-hybridized carbons (Fsp3) is 0.727. The minimum atomic E-state index is -3.22. The zero-order chi connectivity index (χ0) is 22.9. The molecule has 0 radical (unpaired) electrons. The maximum Gasteiger partial charge on any atom is 0.241 e. The Kier molecular flexibility index (Phi) is 7.04. The number of nitrogens with one attached hydrogen (secondary N) is 1. The summed E-state index contributed by atoms with van der Waals surface area (Å²) in [6.07, 6.45) is 8.12. The Morgan fingerprint density at radius 2 is 2.00 bits per heavy atom. The summed E-state index contributed by atoms with van der Waals surface area (Å²) >= 11 is 0. The lowest BCUT2D eigenvalue weighted by Crippen LogP contribution is -2.38. The number of rotatable bonds is 7. The number of sulfonamides is 1. The van der Waals surface area contributed by atoms with Gasteiger partial charge in [0.2, 0.25) is 16.0 Å². The number of methoxy groups -OCH3 is 1. The van der Waals surface area contributed by atoms with Gasteiger partial charge in [-0.05, 0) is 57.1 Å². The van der Waals surface area contributed by atoms with E-state index >= 15 is 0 Å². The van der Waals surface area contributed by atoms with Crippen LogP contribution < -0.4 is 5.32 Å². The van der Waals surface area contributed by atoms with E-state index in [1.807, 2.05) is 17.6 Å². The second-order valence-corrected chi connectivity index (χ2v) is 11.4. The van der Waals surface area contributed by atoms with E-state index in [1.54, 1.807) is 11.4 Å². The molecule has 4 rings (SSSR count). The van der Waals surface area contributed by atoms with Crippen LogP contribution >= 0.6 is 0 Å². The van der Waals surface area contributed by atoms with Crippen LogP contribution in [0.2, 0.25) is 0 Å². The monoisotopic (exact) mass is 465 g/mol. The molecule has 2 N–H and O–H groups in total. The predicted octanol–water partition coefficient (Wildman–Crippen LogP) is 2.33. The lowest BCUT2D eigenvalue weighted by molar-refractivity contribution is 0.121. The molecular formula is C22H35N5O4S. The zero-order valence-corrected chi connectivity index (χ0v) is 20.0. The molecule has 2 aromatic heterocycles. The summed E-state index contributed by atoms with van der Waals surface area (Å²) in [5.74, 6) is 0.974. The number of piperidine rings is 1. The normalized spacial score (nSPS) is 26.3. The smallest absolute Gasteiger partial charge is 0.241 e. The van der Waals surface area contributed by atoms with E-state index in [2.05, 4.69) is 16.4 Å². The third kappa shape index (κ3) is 5.08. The molecule has 2 atom stereocenters. The van der Waals surface area contributed by atoms with E-state index in [-0.39, 0.29) is 18.1 Å². The molecule has 1 aliphatic carbocycles. The number of aromatic nitrogens is 3. The molecule has 3 heterocycles. The van der Waals surface area contributed by atoms with Gasteiger partial charge in [-0.25, -0.2) is 22.2 Å². The molecule has 0 bridgehead atoms. The lowest BCUT2D eigenvalue weighted by atomic mass is 9.84. The highest BCUT2D eigenvalue weighted by atomic mass is 32.2. The minimum Gasteiger partial charge on any atom is -0.393 e. The molecule has 1 saturated carbocycles. The zero-order valence-electron chi connectivity index (χ0n) is 19.2. The lowest BCUT2D eigenvalue weighted by Gasteiger charge is -2.30. The topological polar surface area (TPSA) is 109 Å². The predicted molar refractivity (Wildman–Crippen MR) is 124 cm³/mol. The van der Waals surface area contributed by atoms with Gasteiger partial charge in [0.25, 0.3) is 0 Å². The standard InChI is InChI=1S/C22H35N5O4S/c1-15(14-31-2)24-22-23-12-21-19(17-5-4-10-26(13-17)32(3,29)30)11-20(27(21)25-22)16-6-8-18(28)9-7-16/h11-12,15-18,28H,4-10,13-14H2,1-3H3,(H,24,25)/t15-,16?,17+,18?/m0/s1. The van der Waals surface area contributed by atoms with E-state index in [0.717, 1.165) is 55.3 Å². The summed E-state index contributed by atoms with van der Waals surface area (Å²) in [7, 11) is -1.55. The summed E-state index contributed by atoms with van der Waals surface area (Å²) in [6.45, 7) is 3.64. The maximum absolute atomic E-state index is 12.2. The Morgan fingerprint density at radius 3 is 2.69 bits per heavy atom. The summed E-state index contributed by atoms with van der Waals surface area (Å²) in [4.78, 5) is 4.55. The van der Waals surface area contributed by atoms with Crippen molar-refractivity contribution in [3.8, 4) is 0 Å².